The highest BCUT2D eigenvalue weighted by molar-refractivity contribution is 7.21. The first-order valence-electron chi connectivity index (χ1n) is 5.98. The fourth-order valence-corrected chi connectivity index (χ4v) is 3.25. The zero-order valence-electron chi connectivity index (χ0n) is 10.2. The number of nitrogens with zero attached hydrogens (tertiary/aromatic N) is 4. The Morgan fingerprint density at radius 1 is 1.47 bits per heavy atom. The van der Waals surface area contributed by atoms with E-state index in [-0.39, 0.29) is 5.97 Å². The second kappa shape index (κ2) is 3.74. The van der Waals surface area contributed by atoms with Crippen LogP contribution >= 0.6 is 11.3 Å². The Kier molecular flexibility index (Phi) is 2.14. The summed E-state index contributed by atoms with van der Waals surface area (Å²) in [6.07, 6.45) is 5.61. The number of methoxy groups -OCH3 is 1. The third-order valence-corrected chi connectivity index (χ3v) is 4.38. The van der Waals surface area contributed by atoms with E-state index < -0.39 is 0 Å². The van der Waals surface area contributed by atoms with Crippen molar-refractivity contribution in [1.29, 1.82) is 0 Å². The molecule has 0 saturated heterocycles. The highest BCUT2D eigenvalue weighted by Gasteiger charge is 2.34. The molecule has 2 aromatic heterocycles. The van der Waals surface area contributed by atoms with Crippen molar-refractivity contribution < 1.29 is 9.53 Å². The number of carbonyl (C=O) groups is 1. The van der Waals surface area contributed by atoms with Gasteiger partial charge in [0.25, 0.3) is 0 Å². The van der Waals surface area contributed by atoms with Crippen LogP contribution in [0.3, 0.4) is 0 Å². The van der Waals surface area contributed by atoms with Crippen LogP contribution in [0.15, 0.2) is 11.3 Å². The topological polar surface area (TPSA) is 67.7 Å². The molecule has 0 bridgehead atoms. The van der Waals surface area contributed by atoms with Gasteiger partial charge in [-0.15, -0.1) is 11.3 Å². The van der Waals surface area contributed by atoms with Crippen molar-refractivity contribution in [1.82, 2.24) is 9.97 Å². The van der Waals surface area contributed by atoms with Crippen LogP contribution in [0.2, 0.25) is 0 Å². The first-order valence-corrected chi connectivity index (χ1v) is 6.79. The van der Waals surface area contributed by atoms with Gasteiger partial charge in [0.05, 0.1) is 18.8 Å². The lowest BCUT2D eigenvalue weighted by molar-refractivity contribution is 0.0607. The number of hydrogen-bond donors (Lipinski definition) is 0. The third-order valence-electron chi connectivity index (χ3n) is 3.31. The molecule has 0 N–H and O–H groups in total. The molecule has 1 aliphatic carbocycles. The summed E-state index contributed by atoms with van der Waals surface area (Å²) in [4.78, 5) is 28.1. The summed E-state index contributed by atoms with van der Waals surface area (Å²) in [6, 6.07) is 0.483. The Bertz CT molecular complexity index is 720. The summed E-state index contributed by atoms with van der Waals surface area (Å²) >= 11 is 1.30. The molecule has 6 nitrogen and oxygen atoms in total. The monoisotopic (exact) mass is 274 g/mol. The molecule has 19 heavy (non-hydrogen) atoms. The Morgan fingerprint density at radius 3 is 3.05 bits per heavy atom. The average Bonchev–Trinajstić information content (AvgIpc) is 3.21. The van der Waals surface area contributed by atoms with Crippen LogP contribution in [0.5, 0.6) is 0 Å². The van der Waals surface area contributed by atoms with E-state index in [0.717, 1.165) is 28.9 Å². The second-order valence-corrected chi connectivity index (χ2v) is 5.53. The summed E-state index contributed by atoms with van der Waals surface area (Å²) < 4.78 is 4.79. The Morgan fingerprint density at radius 2 is 2.32 bits per heavy atom. The van der Waals surface area contributed by atoms with Crippen LogP contribution in [-0.4, -0.2) is 35.4 Å². The molecule has 4 rings (SSSR count). The smallest absolute Gasteiger partial charge is 0.350 e. The predicted molar refractivity (Wildman–Crippen MR) is 72.4 cm³/mol. The van der Waals surface area contributed by atoms with E-state index >= 15 is 0 Å². The van der Waals surface area contributed by atoms with Gasteiger partial charge in [-0.2, -0.15) is 0 Å². The number of aliphatic imine (C=N–C) groups is 1. The van der Waals surface area contributed by atoms with Gasteiger partial charge in [-0.3, -0.25) is 0 Å². The van der Waals surface area contributed by atoms with Gasteiger partial charge in [-0.1, -0.05) is 0 Å². The van der Waals surface area contributed by atoms with E-state index in [1.165, 1.54) is 24.8 Å². The zero-order valence-corrected chi connectivity index (χ0v) is 11.0. The highest BCUT2D eigenvalue weighted by Crippen LogP contribution is 2.45. The van der Waals surface area contributed by atoms with Crippen molar-refractivity contribution in [3.8, 4) is 0 Å². The fraction of sp³-hybridized carbons (Fsp3) is 0.333. The molecule has 2 aliphatic rings. The van der Waals surface area contributed by atoms with Crippen LogP contribution in [0.25, 0.3) is 10.2 Å². The highest BCUT2D eigenvalue weighted by atomic mass is 32.1. The van der Waals surface area contributed by atoms with Crippen molar-refractivity contribution in [2.45, 2.75) is 18.9 Å². The molecule has 0 amide bonds. The number of thiophene rings is 1. The van der Waals surface area contributed by atoms with E-state index in [4.69, 9.17) is 4.74 Å². The van der Waals surface area contributed by atoms with Crippen molar-refractivity contribution in [3.63, 3.8) is 0 Å². The minimum Gasteiger partial charge on any atom is -0.465 e. The number of esters is 1. The number of hydrogen-bond acceptors (Lipinski definition) is 7. The minimum atomic E-state index is -0.374. The first kappa shape index (κ1) is 10.9. The second-order valence-electron chi connectivity index (χ2n) is 4.53. The maximum absolute atomic E-state index is 11.8. The number of anilines is 1. The molecule has 2 aromatic rings. The molecular weight excluding hydrogens is 264 g/mol. The Balaban J connectivity index is 1.98. The maximum atomic E-state index is 11.8. The Hall–Kier alpha value is -2.02. The quantitative estimate of drug-likeness (QED) is 0.785. The van der Waals surface area contributed by atoms with Gasteiger partial charge in [0, 0.05) is 6.04 Å². The number of carbonyl (C=O) groups excluding carboxylic acids is 1. The lowest BCUT2D eigenvalue weighted by atomic mass is 10.2. The van der Waals surface area contributed by atoms with Crippen LogP contribution in [0.4, 0.5) is 11.5 Å². The Labute approximate surface area is 112 Å². The largest absolute Gasteiger partial charge is 0.465 e. The van der Waals surface area contributed by atoms with Gasteiger partial charge in [-0.25, -0.2) is 19.8 Å². The van der Waals surface area contributed by atoms with Crippen LogP contribution < -0.4 is 4.90 Å². The van der Waals surface area contributed by atoms with Crippen LogP contribution in [-0.2, 0) is 4.74 Å². The van der Waals surface area contributed by atoms with Crippen LogP contribution in [0.1, 0.15) is 22.5 Å². The molecule has 1 fully saturated rings. The number of rotatable bonds is 2. The standard InChI is InChI=1S/C12H10N4O2S/c1-18-12(17)9-8-7-10(13-4-14-11(7)19-9)16(5-15-8)6-2-3-6/h4-6H,2-3H2,1H3. The zero-order chi connectivity index (χ0) is 13.0. The molecule has 96 valence electrons. The minimum absolute atomic E-state index is 0.374. The van der Waals surface area contributed by atoms with E-state index in [2.05, 4.69) is 19.9 Å². The molecule has 3 heterocycles. The first-order chi connectivity index (χ1) is 9.29. The fourth-order valence-electron chi connectivity index (χ4n) is 2.25. The predicted octanol–water partition coefficient (Wildman–Crippen LogP) is 2.12. The van der Waals surface area contributed by atoms with Crippen molar-refractivity contribution in [2.75, 3.05) is 12.0 Å². The lowest BCUT2D eigenvalue weighted by Gasteiger charge is -2.21. The summed E-state index contributed by atoms with van der Waals surface area (Å²) in [5.74, 6) is 0.477. The van der Waals surface area contributed by atoms with Gasteiger partial charge in [0.2, 0.25) is 0 Å². The molecule has 0 spiro atoms. The van der Waals surface area contributed by atoms with Gasteiger partial charge >= 0.3 is 5.97 Å². The van der Waals surface area contributed by atoms with E-state index in [9.17, 15) is 4.79 Å². The van der Waals surface area contributed by atoms with Gasteiger partial charge in [0.1, 0.15) is 27.5 Å². The van der Waals surface area contributed by atoms with E-state index in [1.54, 1.807) is 6.34 Å². The van der Waals surface area contributed by atoms with E-state index in [1.807, 2.05) is 0 Å². The lowest BCUT2D eigenvalue weighted by Crippen LogP contribution is -2.26. The number of aromatic nitrogens is 2. The molecule has 7 heteroatoms. The SMILES string of the molecule is COC(=O)c1sc2ncnc3c2c1N=CN3C1CC1. The number of ether oxygens (including phenoxy) is 1. The molecule has 0 aromatic carbocycles. The summed E-state index contributed by atoms with van der Waals surface area (Å²) in [7, 11) is 1.37. The molecule has 1 saturated carbocycles. The van der Waals surface area contributed by atoms with E-state index in [0.29, 0.717) is 16.6 Å². The average molecular weight is 274 g/mol. The summed E-state index contributed by atoms with van der Waals surface area (Å²) in [6.45, 7) is 0. The summed E-state index contributed by atoms with van der Waals surface area (Å²) in [5.41, 5.74) is 0.638. The maximum Gasteiger partial charge on any atom is 0.350 e. The molecule has 0 unspecified atom stereocenters. The van der Waals surface area contributed by atoms with Crippen molar-refractivity contribution >= 4 is 45.4 Å². The van der Waals surface area contributed by atoms with Crippen molar-refractivity contribution in [3.05, 3.63) is 11.2 Å². The van der Waals surface area contributed by atoms with Gasteiger partial charge in [-0.05, 0) is 12.8 Å². The van der Waals surface area contributed by atoms with Crippen molar-refractivity contribution in [2.24, 2.45) is 4.99 Å². The molecule has 0 atom stereocenters. The van der Waals surface area contributed by atoms with Crippen LogP contribution in [0, 0.1) is 0 Å². The molecule has 0 radical (unpaired) electrons. The summed E-state index contributed by atoms with van der Waals surface area (Å²) in [5, 5.41) is 0.863. The normalized spacial score (nSPS) is 17.0. The third kappa shape index (κ3) is 1.48. The molecular formula is C12H10N4O2S. The molecule has 1 aliphatic heterocycles. The van der Waals surface area contributed by atoms with Gasteiger partial charge in [0.15, 0.2) is 0 Å². The van der Waals surface area contributed by atoms with Gasteiger partial charge < -0.3 is 9.64 Å².